The summed E-state index contributed by atoms with van der Waals surface area (Å²) >= 11 is 0. The molecule has 1 fully saturated rings. The van der Waals surface area contributed by atoms with Crippen molar-refractivity contribution in [2.45, 2.75) is 52.0 Å². The molecule has 1 amide bonds. The van der Waals surface area contributed by atoms with Crippen molar-refractivity contribution in [1.29, 1.82) is 0 Å². The number of hydrogen-bond acceptors (Lipinski definition) is 4. The van der Waals surface area contributed by atoms with Gasteiger partial charge in [-0.1, -0.05) is 19.8 Å². The van der Waals surface area contributed by atoms with E-state index in [-0.39, 0.29) is 5.91 Å². The molecule has 1 aliphatic rings. The van der Waals surface area contributed by atoms with E-state index >= 15 is 0 Å². The van der Waals surface area contributed by atoms with Gasteiger partial charge in [0.25, 0.3) is 5.91 Å². The molecular weight excluding hydrogens is 252 g/mol. The molecule has 1 N–H and O–H groups in total. The highest BCUT2D eigenvalue weighted by molar-refractivity contribution is 5.92. The topological polar surface area (TPSA) is 58.1 Å². The largest absolute Gasteiger partial charge is 0.369 e. The smallest absolute Gasteiger partial charge is 0.274 e. The summed E-state index contributed by atoms with van der Waals surface area (Å²) in [6.45, 7) is 5.70. The maximum atomic E-state index is 12.6. The van der Waals surface area contributed by atoms with E-state index < -0.39 is 0 Å². The molecule has 1 heterocycles. The molecule has 5 nitrogen and oxygen atoms in total. The first-order valence-corrected chi connectivity index (χ1v) is 7.63. The van der Waals surface area contributed by atoms with Crippen LogP contribution < -0.4 is 5.32 Å². The minimum Gasteiger partial charge on any atom is -0.369 e. The molecule has 0 aromatic carbocycles. The first-order valence-electron chi connectivity index (χ1n) is 7.63. The number of nitrogens with one attached hydrogen (secondary N) is 1. The van der Waals surface area contributed by atoms with Gasteiger partial charge in [-0.15, -0.1) is 0 Å². The second-order valence-corrected chi connectivity index (χ2v) is 5.25. The highest BCUT2D eigenvalue weighted by Gasteiger charge is 2.27. The molecule has 0 unspecified atom stereocenters. The first kappa shape index (κ1) is 14.8. The quantitative estimate of drug-likeness (QED) is 0.868. The van der Waals surface area contributed by atoms with E-state index in [1.165, 1.54) is 12.8 Å². The lowest BCUT2D eigenvalue weighted by atomic mass is 10.2. The predicted octanol–water partition coefficient (Wildman–Crippen LogP) is 2.70. The van der Waals surface area contributed by atoms with Crippen molar-refractivity contribution < 1.29 is 4.79 Å². The zero-order chi connectivity index (χ0) is 14.4. The van der Waals surface area contributed by atoms with Crippen LogP contribution in [0.4, 0.5) is 5.82 Å². The zero-order valence-electron chi connectivity index (χ0n) is 12.4. The third kappa shape index (κ3) is 3.46. The van der Waals surface area contributed by atoms with Crippen LogP contribution in [0, 0.1) is 0 Å². The lowest BCUT2D eigenvalue weighted by Gasteiger charge is -2.27. The number of nitrogens with zero attached hydrogens (tertiary/aromatic N) is 3. The van der Waals surface area contributed by atoms with E-state index in [4.69, 9.17) is 0 Å². The average Bonchev–Trinajstić information content (AvgIpc) is 3.00. The molecule has 0 spiro atoms. The molecule has 0 bridgehead atoms. The third-order valence-electron chi connectivity index (χ3n) is 3.78. The van der Waals surface area contributed by atoms with Crippen molar-refractivity contribution in [2.75, 3.05) is 18.4 Å². The van der Waals surface area contributed by atoms with E-state index in [9.17, 15) is 4.79 Å². The Balaban J connectivity index is 2.10. The minimum absolute atomic E-state index is 0.00653. The summed E-state index contributed by atoms with van der Waals surface area (Å²) in [5.41, 5.74) is 0.444. The average molecular weight is 276 g/mol. The Morgan fingerprint density at radius 1 is 1.35 bits per heavy atom. The fourth-order valence-electron chi connectivity index (χ4n) is 2.74. The monoisotopic (exact) mass is 276 g/mol. The second kappa shape index (κ2) is 7.22. The molecule has 1 saturated carbocycles. The number of carbonyl (C=O) groups is 1. The fraction of sp³-hybridized carbons (Fsp3) is 0.667. The minimum atomic E-state index is 0.00653. The maximum absolute atomic E-state index is 12.6. The summed E-state index contributed by atoms with van der Waals surface area (Å²) in [5.74, 6) is 0.687. The van der Waals surface area contributed by atoms with Gasteiger partial charge in [-0.3, -0.25) is 9.78 Å². The van der Waals surface area contributed by atoms with E-state index in [0.29, 0.717) is 17.6 Å². The maximum Gasteiger partial charge on any atom is 0.274 e. The van der Waals surface area contributed by atoms with Crippen LogP contribution in [-0.4, -0.2) is 39.9 Å². The van der Waals surface area contributed by atoms with Crippen molar-refractivity contribution in [3.8, 4) is 0 Å². The van der Waals surface area contributed by atoms with Crippen LogP contribution in [-0.2, 0) is 0 Å². The van der Waals surface area contributed by atoms with Crippen LogP contribution in [0.5, 0.6) is 0 Å². The molecule has 1 aromatic heterocycles. The van der Waals surface area contributed by atoms with Gasteiger partial charge in [0.2, 0.25) is 0 Å². The predicted molar refractivity (Wildman–Crippen MR) is 79.8 cm³/mol. The van der Waals surface area contributed by atoms with Crippen LogP contribution in [0.1, 0.15) is 56.4 Å². The Labute approximate surface area is 120 Å². The van der Waals surface area contributed by atoms with Crippen molar-refractivity contribution in [2.24, 2.45) is 0 Å². The molecule has 0 aliphatic heterocycles. The second-order valence-electron chi connectivity index (χ2n) is 5.25. The number of rotatable bonds is 6. The van der Waals surface area contributed by atoms with Gasteiger partial charge in [0, 0.05) is 19.1 Å². The summed E-state index contributed by atoms with van der Waals surface area (Å²) in [6, 6.07) is 0.376. The molecule has 2 rings (SSSR count). The Morgan fingerprint density at radius 2 is 2.10 bits per heavy atom. The Hall–Kier alpha value is -1.65. The highest BCUT2D eigenvalue weighted by atomic mass is 16.2. The lowest BCUT2D eigenvalue weighted by molar-refractivity contribution is 0.0687. The van der Waals surface area contributed by atoms with E-state index in [1.54, 1.807) is 12.4 Å². The molecule has 0 saturated heterocycles. The lowest BCUT2D eigenvalue weighted by Crippen LogP contribution is -2.39. The molecule has 0 radical (unpaired) electrons. The van der Waals surface area contributed by atoms with Crippen LogP contribution in [0.15, 0.2) is 12.4 Å². The molecule has 110 valence electrons. The first-order chi connectivity index (χ1) is 9.76. The number of aromatic nitrogens is 2. The van der Waals surface area contributed by atoms with E-state index in [2.05, 4.69) is 22.2 Å². The van der Waals surface area contributed by atoms with Crippen LogP contribution >= 0.6 is 0 Å². The van der Waals surface area contributed by atoms with E-state index in [1.807, 2.05) is 11.8 Å². The van der Waals surface area contributed by atoms with Gasteiger partial charge >= 0.3 is 0 Å². The van der Waals surface area contributed by atoms with Gasteiger partial charge in [0.05, 0.1) is 12.4 Å². The van der Waals surface area contributed by atoms with Gasteiger partial charge in [0.15, 0.2) is 0 Å². The SMILES string of the molecule is CCCNc1cncc(C(=O)N(CC)C2CCCC2)n1. The zero-order valence-corrected chi connectivity index (χ0v) is 12.4. The van der Waals surface area contributed by atoms with Crippen LogP contribution in [0.2, 0.25) is 0 Å². The summed E-state index contributed by atoms with van der Waals surface area (Å²) in [4.78, 5) is 23.0. The number of carbonyl (C=O) groups excluding carboxylic acids is 1. The normalized spacial score (nSPS) is 15.3. The van der Waals surface area contributed by atoms with Crippen molar-refractivity contribution in [3.63, 3.8) is 0 Å². The molecule has 1 aliphatic carbocycles. The number of amides is 1. The summed E-state index contributed by atoms with van der Waals surface area (Å²) in [6.07, 6.45) is 8.91. The van der Waals surface area contributed by atoms with Crippen LogP contribution in [0.25, 0.3) is 0 Å². The van der Waals surface area contributed by atoms with Gasteiger partial charge in [-0.05, 0) is 26.2 Å². The van der Waals surface area contributed by atoms with Gasteiger partial charge < -0.3 is 10.2 Å². The van der Waals surface area contributed by atoms with Crippen LogP contribution in [0.3, 0.4) is 0 Å². The molecular formula is C15H24N4O. The van der Waals surface area contributed by atoms with Crippen molar-refractivity contribution >= 4 is 11.7 Å². The Bertz CT molecular complexity index is 443. The van der Waals surface area contributed by atoms with Gasteiger partial charge in [-0.2, -0.15) is 0 Å². The molecule has 0 atom stereocenters. The summed E-state index contributed by atoms with van der Waals surface area (Å²) in [5, 5.41) is 3.17. The van der Waals surface area contributed by atoms with Crippen molar-refractivity contribution in [3.05, 3.63) is 18.1 Å². The number of anilines is 1. The standard InChI is InChI=1S/C15H24N4O/c1-3-9-17-14-11-16-10-13(18-14)15(20)19(4-2)12-7-5-6-8-12/h10-12H,3-9H2,1-2H3,(H,17,18). The molecule has 1 aromatic rings. The number of hydrogen-bond donors (Lipinski definition) is 1. The molecule has 5 heteroatoms. The summed E-state index contributed by atoms with van der Waals surface area (Å²) in [7, 11) is 0. The highest BCUT2D eigenvalue weighted by Crippen LogP contribution is 2.24. The summed E-state index contributed by atoms with van der Waals surface area (Å²) < 4.78 is 0. The van der Waals surface area contributed by atoms with Gasteiger partial charge in [0.1, 0.15) is 11.5 Å². The van der Waals surface area contributed by atoms with E-state index in [0.717, 1.165) is 32.4 Å². The Kier molecular flexibility index (Phi) is 5.32. The molecule has 20 heavy (non-hydrogen) atoms. The fourth-order valence-corrected chi connectivity index (χ4v) is 2.74. The van der Waals surface area contributed by atoms with Crippen molar-refractivity contribution in [1.82, 2.24) is 14.9 Å². The Morgan fingerprint density at radius 3 is 2.75 bits per heavy atom. The third-order valence-corrected chi connectivity index (χ3v) is 3.78. The van der Waals surface area contributed by atoms with Gasteiger partial charge in [-0.25, -0.2) is 4.98 Å².